The quantitative estimate of drug-likeness (QED) is 0.668. The lowest BCUT2D eigenvalue weighted by atomic mass is 9.85. The molecule has 0 atom stereocenters. The molecular weight excluding hydrogens is 182 g/mol. The molecule has 0 aromatic heterocycles. The molecule has 1 N–H and O–H groups in total. The maximum Gasteiger partial charge on any atom is 0.492 e. The van der Waals surface area contributed by atoms with Crippen molar-refractivity contribution in [1.29, 1.82) is 0 Å². The number of halogens is 3. The lowest BCUT2D eigenvalue weighted by molar-refractivity contribution is 0.110. The molecule has 1 saturated carbocycles. The van der Waals surface area contributed by atoms with Crippen molar-refractivity contribution < 1.29 is 18.1 Å². The molecule has 78 valence electrons. The van der Waals surface area contributed by atoms with Crippen molar-refractivity contribution in [2.45, 2.75) is 25.3 Å². The predicted octanol–water partition coefficient (Wildman–Crippen LogP) is 1.22. The largest absolute Gasteiger partial charge is 0.492 e. The monoisotopic (exact) mass is 196 g/mol. The van der Waals surface area contributed by atoms with Crippen molar-refractivity contribution in [2.24, 2.45) is 0 Å². The molecule has 0 saturated heterocycles. The van der Waals surface area contributed by atoms with Crippen molar-refractivity contribution in [2.75, 3.05) is 19.6 Å². The summed E-state index contributed by atoms with van der Waals surface area (Å²) in [5.74, 6) is 0. The summed E-state index contributed by atoms with van der Waals surface area (Å²) in [5.41, 5.74) is 0. The van der Waals surface area contributed by atoms with E-state index in [1.807, 2.05) is 0 Å². The van der Waals surface area contributed by atoms with Gasteiger partial charge in [0, 0.05) is 12.6 Å². The Hall–Kier alpha value is -0.225. The van der Waals surface area contributed by atoms with Gasteiger partial charge in [-0.05, 0) is 19.3 Å². The van der Waals surface area contributed by atoms with Crippen LogP contribution in [0, 0.1) is 0 Å². The molecule has 0 unspecified atom stereocenters. The van der Waals surface area contributed by atoms with E-state index in [1.54, 1.807) is 0 Å². The van der Waals surface area contributed by atoms with Gasteiger partial charge in [-0.25, -0.2) is 0 Å². The van der Waals surface area contributed by atoms with E-state index >= 15 is 0 Å². The highest BCUT2D eigenvalue weighted by atomic mass is 19.4. The van der Waals surface area contributed by atoms with Gasteiger partial charge in [0.05, 0.1) is 6.61 Å². The van der Waals surface area contributed by atoms with Crippen molar-refractivity contribution in [3.63, 3.8) is 0 Å². The van der Waals surface area contributed by atoms with Gasteiger partial charge in [-0.15, -0.1) is 0 Å². The van der Waals surface area contributed by atoms with Gasteiger partial charge >= 0.3 is 6.98 Å². The van der Waals surface area contributed by atoms with Gasteiger partial charge in [0.1, 0.15) is 0 Å². The zero-order valence-electron chi connectivity index (χ0n) is 7.43. The van der Waals surface area contributed by atoms with Crippen LogP contribution in [0.4, 0.5) is 12.9 Å². The average molecular weight is 196 g/mol. The molecule has 0 spiro atoms. The normalized spacial score (nSPS) is 19.2. The van der Waals surface area contributed by atoms with Crippen LogP contribution in [0.3, 0.4) is 0 Å². The van der Waals surface area contributed by atoms with E-state index in [9.17, 15) is 12.9 Å². The minimum absolute atomic E-state index is 0.0515. The van der Waals surface area contributed by atoms with Crippen LogP contribution in [0.2, 0.25) is 0 Å². The molecule has 0 heterocycles. The fourth-order valence-corrected chi connectivity index (χ4v) is 1.57. The number of nitrogens with zero attached hydrogens (tertiary/aromatic N) is 1. The predicted molar refractivity (Wildman–Crippen MR) is 45.4 cm³/mol. The van der Waals surface area contributed by atoms with E-state index in [0.29, 0.717) is 0 Å². The standard InChI is InChI=1S/C7H14BF3NO/c9-8(10,11)6-12(4-5-13)7-2-1-3-7/h7,13H,1-6H2/q-1. The molecule has 2 nitrogen and oxygen atoms in total. The molecule has 0 aromatic carbocycles. The molecule has 1 rings (SSSR count). The Balaban J connectivity index is 2.37. The molecule has 13 heavy (non-hydrogen) atoms. The van der Waals surface area contributed by atoms with Crippen LogP contribution in [0.15, 0.2) is 0 Å². The Morgan fingerprint density at radius 1 is 1.31 bits per heavy atom. The van der Waals surface area contributed by atoms with Gasteiger partial charge in [-0.1, -0.05) is 6.42 Å². The molecule has 6 heteroatoms. The van der Waals surface area contributed by atoms with E-state index in [2.05, 4.69) is 0 Å². The highest BCUT2D eigenvalue weighted by Crippen LogP contribution is 2.26. The number of hydrogen-bond donors (Lipinski definition) is 1. The second-order valence-corrected chi connectivity index (χ2v) is 3.51. The fourth-order valence-electron chi connectivity index (χ4n) is 1.57. The minimum atomic E-state index is -4.75. The Kier molecular flexibility index (Phi) is 3.61. The first-order chi connectivity index (χ1) is 6.03. The molecule has 0 bridgehead atoms. The van der Waals surface area contributed by atoms with E-state index < -0.39 is 13.4 Å². The molecule has 1 aliphatic rings. The van der Waals surface area contributed by atoms with Crippen LogP contribution in [-0.4, -0.2) is 42.6 Å². The summed E-state index contributed by atoms with van der Waals surface area (Å²) in [4.78, 5) is 1.35. The highest BCUT2D eigenvalue weighted by Gasteiger charge is 2.32. The van der Waals surface area contributed by atoms with Crippen molar-refractivity contribution >= 4 is 6.98 Å². The van der Waals surface area contributed by atoms with Gasteiger partial charge in [-0.3, -0.25) is 0 Å². The number of aliphatic hydroxyl groups is 1. The SMILES string of the molecule is OCCN(C[B-](F)(F)F)C1CCC1. The fraction of sp³-hybridized carbons (Fsp3) is 1.00. The lowest BCUT2D eigenvalue weighted by Crippen LogP contribution is -2.48. The first-order valence-corrected chi connectivity index (χ1v) is 4.59. The molecule has 1 fully saturated rings. The summed E-state index contributed by atoms with van der Waals surface area (Å²) in [5, 5.41) is 8.60. The van der Waals surface area contributed by atoms with Crippen LogP contribution in [0.1, 0.15) is 19.3 Å². The van der Waals surface area contributed by atoms with E-state index in [1.165, 1.54) is 4.90 Å². The lowest BCUT2D eigenvalue weighted by Gasteiger charge is -2.39. The van der Waals surface area contributed by atoms with E-state index in [4.69, 9.17) is 5.11 Å². The molecule has 0 amide bonds. The zero-order chi connectivity index (χ0) is 9.90. The van der Waals surface area contributed by atoms with Crippen LogP contribution in [-0.2, 0) is 0 Å². The summed E-state index contributed by atoms with van der Waals surface area (Å²) < 4.78 is 36.3. The second kappa shape index (κ2) is 4.33. The summed E-state index contributed by atoms with van der Waals surface area (Å²) in [6.45, 7) is -4.80. The van der Waals surface area contributed by atoms with Crippen LogP contribution < -0.4 is 0 Å². The summed E-state index contributed by atoms with van der Waals surface area (Å²) >= 11 is 0. The highest BCUT2D eigenvalue weighted by molar-refractivity contribution is 6.58. The third kappa shape index (κ3) is 3.56. The van der Waals surface area contributed by atoms with Crippen molar-refractivity contribution in [1.82, 2.24) is 4.90 Å². The van der Waals surface area contributed by atoms with Gasteiger partial charge in [0.2, 0.25) is 0 Å². The molecule has 0 radical (unpaired) electrons. The second-order valence-electron chi connectivity index (χ2n) is 3.51. The van der Waals surface area contributed by atoms with Crippen LogP contribution in [0.5, 0.6) is 0 Å². The van der Waals surface area contributed by atoms with E-state index in [0.717, 1.165) is 19.3 Å². The van der Waals surface area contributed by atoms with Crippen molar-refractivity contribution in [3.05, 3.63) is 0 Å². The van der Waals surface area contributed by atoms with Gasteiger partial charge in [0.25, 0.3) is 0 Å². The Morgan fingerprint density at radius 3 is 2.23 bits per heavy atom. The molecule has 1 aliphatic carbocycles. The smallest absolute Gasteiger partial charge is 0.448 e. The number of aliphatic hydroxyl groups excluding tert-OH is 1. The third-order valence-electron chi connectivity index (χ3n) is 2.42. The maximum atomic E-state index is 12.1. The van der Waals surface area contributed by atoms with E-state index in [-0.39, 0.29) is 19.2 Å². The van der Waals surface area contributed by atoms with Gasteiger partial charge in [0.15, 0.2) is 0 Å². The van der Waals surface area contributed by atoms with Gasteiger partial charge in [-0.2, -0.15) is 0 Å². The molecule has 0 aromatic rings. The maximum absolute atomic E-state index is 12.1. The summed E-state index contributed by atoms with van der Waals surface area (Å²) in [6.07, 6.45) is 1.86. The summed E-state index contributed by atoms with van der Waals surface area (Å²) in [6, 6.07) is 0.0515. The van der Waals surface area contributed by atoms with Crippen molar-refractivity contribution in [3.8, 4) is 0 Å². The van der Waals surface area contributed by atoms with Crippen LogP contribution in [0.25, 0.3) is 0 Å². The Bertz CT molecular complexity index is 160. The third-order valence-corrected chi connectivity index (χ3v) is 2.42. The zero-order valence-corrected chi connectivity index (χ0v) is 7.43. The number of hydrogen-bond acceptors (Lipinski definition) is 2. The first-order valence-electron chi connectivity index (χ1n) is 4.59. The number of rotatable bonds is 5. The van der Waals surface area contributed by atoms with Gasteiger partial charge < -0.3 is 23.0 Å². The van der Waals surface area contributed by atoms with Crippen LogP contribution >= 0.6 is 0 Å². The topological polar surface area (TPSA) is 23.5 Å². The first kappa shape index (κ1) is 10.9. The average Bonchev–Trinajstić information content (AvgIpc) is 1.79. The molecule has 0 aliphatic heterocycles. The Morgan fingerprint density at radius 2 is 1.92 bits per heavy atom. The summed E-state index contributed by atoms with van der Waals surface area (Å²) in [7, 11) is 0. The minimum Gasteiger partial charge on any atom is -0.448 e. The molecular formula is C7H14BF3NO-. The Labute approximate surface area is 75.8 Å².